The van der Waals surface area contributed by atoms with Gasteiger partial charge in [0.1, 0.15) is 11.6 Å². The minimum Gasteiger partial charge on any atom is -0.437 e. The van der Waals surface area contributed by atoms with Crippen molar-refractivity contribution in [1.82, 2.24) is 4.81 Å². The standard InChI is InChI=1S/C12H20BNO3/c1-9(15)11-10(16)3-4-12(11)5-7-14(8-6-12)13(2)17/h11,17H,3-8H2,1-2H3. The number of Topliss-reactive ketones (excluding diaryl/α,β-unsaturated/α-hetero) is 2. The van der Waals surface area contributed by atoms with Gasteiger partial charge >= 0.3 is 7.05 Å². The average Bonchev–Trinajstić information content (AvgIpc) is 2.56. The van der Waals surface area contributed by atoms with Gasteiger partial charge in [0.25, 0.3) is 0 Å². The van der Waals surface area contributed by atoms with Gasteiger partial charge in [-0.15, -0.1) is 0 Å². The Hall–Kier alpha value is -0.675. The molecule has 0 aromatic rings. The van der Waals surface area contributed by atoms with Crippen molar-refractivity contribution in [2.24, 2.45) is 11.3 Å². The maximum atomic E-state index is 11.8. The first-order valence-corrected chi connectivity index (χ1v) is 6.41. The number of nitrogens with zero attached hydrogens (tertiary/aromatic N) is 1. The van der Waals surface area contributed by atoms with E-state index in [1.54, 1.807) is 6.82 Å². The van der Waals surface area contributed by atoms with E-state index >= 15 is 0 Å². The van der Waals surface area contributed by atoms with Crippen molar-refractivity contribution in [3.05, 3.63) is 0 Å². The number of ketones is 2. The predicted molar refractivity (Wildman–Crippen MR) is 65.5 cm³/mol. The third-order valence-corrected chi connectivity index (χ3v) is 4.53. The van der Waals surface area contributed by atoms with Gasteiger partial charge in [-0.25, -0.2) is 0 Å². The summed E-state index contributed by atoms with van der Waals surface area (Å²) in [4.78, 5) is 25.5. The first-order chi connectivity index (χ1) is 7.96. The van der Waals surface area contributed by atoms with Crippen molar-refractivity contribution in [3.63, 3.8) is 0 Å². The van der Waals surface area contributed by atoms with Crippen LogP contribution in [0, 0.1) is 11.3 Å². The van der Waals surface area contributed by atoms with Gasteiger partial charge in [0.2, 0.25) is 0 Å². The molecule has 1 saturated carbocycles. The number of carbonyl (C=O) groups excluding carboxylic acids is 2. The van der Waals surface area contributed by atoms with E-state index in [0.29, 0.717) is 6.42 Å². The summed E-state index contributed by atoms with van der Waals surface area (Å²) in [5.41, 5.74) is -0.103. The van der Waals surface area contributed by atoms with Crippen LogP contribution in [0.5, 0.6) is 0 Å². The minimum atomic E-state index is -0.430. The Kier molecular flexibility index (Phi) is 3.41. The van der Waals surface area contributed by atoms with Gasteiger partial charge in [0, 0.05) is 6.42 Å². The molecular weight excluding hydrogens is 217 g/mol. The van der Waals surface area contributed by atoms with E-state index in [-0.39, 0.29) is 22.9 Å². The lowest BCUT2D eigenvalue weighted by molar-refractivity contribution is -0.134. The Morgan fingerprint density at radius 3 is 2.47 bits per heavy atom. The maximum absolute atomic E-state index is 11.8. The van der Waals surface area contributed by atoms with Gasteiger partial charge in [-0.3, -0.25) is 9.59 Å². The molecule has 0 aromatic heterocycles. The third kappa shape index (κ3) is 2.18. The second kappa shape index (κ2) is 4.54. The Labute approximate surface area is 102 Å². The number of rotatable bonds is 2. The summed E-state index contributed by atoms with van der Waals surface area (Å²) in [6.07, 6.45) is 3.12. The summed E-state index contributed by atoms with van der Waals surface area (Å²) in [5, 5.41) is 9.53. The normalized spacial score (nSPS) is 28.6. The highest BCUT2D eigenvalue weighted by Gasteiger charge is 2.51. The molecule has 0 bridgehead atoms. The molecule has 1 atom stereocenters. The smallest absolute Gasteiger partial charge is 0.376 e. The van der Waals surface area contributed by atoms with Crippen molar-refractivity contribution < 1.29 is 14.6 Å². The molecule has 0 aromatic carbocycles. The van der Waals surface area contributed by atoms with Crippen LogP contribution in [0.4, 0.5) is 0 Å². The predicted octanol–water partition coefficient (Wildman–Crippen LogP) is 0.747. The molecule has 17 heavy (non-hydrogen) atoms. The van der Waals surface area contributed by atoms with Gasteiger partial charge in [-0.2, -0.15) is 0 Å². The molecule has 1 saturated heterocycles. The molecule has 1 unspecified atom stereocenters. The highest BCUT2D eigenvalue weighted by Crippen LogP contribution is 2.49. The van der Waals surface area contributed by atoms with Crippen LogP contribution >= 0.6 is 0 Å². The molecule has 1 N–H and O–H groups in total. The molecule has 1 aliphatic heterocycles. The van der Waals surface area contributed by atoms with Gasteiger partial charge in [0.05, 0.1) is 5.92 Å². The zero-order chi connectivity index (χ0) is 12.6. The molecule has 2 rings (SSSR count). The Bertz CT molecular complexity index is 335. The quantitative estimate of drug-likeness (QED) is 0.568. The summed E-state index contributed by atoms with van der Waals surface area (Å²) >= 11 is 0. The van der Waals surface area contributed by atoms with Crippen LogP contribution in [0.3, 0.4) is 0 Å². The molecule has 1 spiro atoms. The fourth-order valence-electron chi connectivity index (χ4n) is 3.54. The zero-order valence-electron chi connectivity index (χ0n) is 10.6. The fraction of sp³-hybridized carbons (Fsp3) is 0.833. The van der Waals surface area contributed by atoms with Crippen molar-refractivity contribution in [2.45, 2.75) is 39.4 Å². The van der Waals surface area contributed by atoms with Gasteiger partial charge in [0.15, 0.2) is 0 Å². The molecule has 4 nitrogen and oxygen atoms in total. The minimum absolute atomic E-state index is 0.0259. The molecule has 2 aliphatic rings. The number of hydrogen-bond donors (Lipinski definition) is 1. The average molecular weight is 237 g/mol. The van der Waals surface area contributed by atoms with Crippen LogP contribution in [-0.2, 0) is 9.59 Å². The summed E-state index contributed by atoms with van der Waals surface area (Å²) < 4.78 is 0. The molecular formula is C12H20BNO3. The molecule has 0 radical (unpaired) electrons. The Balaban J connectivity index is 2.11. The lowest BCUT2D eigenvalue weighted by atomic mass is 9.67. The second-order valence-corrected chi connectivity index (χ2v) is 5.54. The molecule has 0 amide bonds. The van der Waals surface area contributed by atoms with E-state index in [1.807, 2.05) is 4.81 Å². The molecule has 94 valence electrons. The maximum Gasteiger partial charge on any atom is 0.376 e. The van der Waals surface area contributed by atoms with E-state index in [9.17, 15) is 14.6 Å². The lowest BCUT2D eigenvalue weighted by Gasteiger charge is -2.42. The van der Waals surface area contributed by atoms with Crippen LogP contribution in [0.2, 0.25) is 6.82 Å². The van der Waals surface area contributed by atoms with Crippen molar-refractivity contribution >= 4 is 18.6 Å². The Morgan fingerprint density at radius 1 is 1.41 bits per heavy atom. The summed E-state index contributed by atoms with van der Waals surface area (Å²) in [6.45, 7) is 4.88. The van der Waals surface area contributed by atoms with Crippen molar-refractivity contribution in [1.29, 1.82) is 0 Å². The van der Waals surface area contributed by atoms with Crippen molar-refractivity contribution in [3.8, 4) is 0 Å². The lowest BCUT2D eigenvalue weighted by Crippen LogP contribution is -2.49. The van der Waals surface area contributed by atoms with Crippen LogP contribution in [0.1, 0.15) is 32.6 Å². The summed E-state index contributed by atoms with van der Waals surface area (Å²) in [5.74, 6) is -0.223. The number of hydrogen-bond acceptors (Lipinski definition) is 4. The Morgan fingerprint density at radius 2 is 2.00 bits per heavy atom. The van der Waals surface area contributed by atoms with Crippen LogP contribution < -0.4 is 0 Å². The van der Waals surface area contributed by atoms with E-state index in [2.05, 4.69) is 0 Å². The van der Waals surface area contributed by atoms with E-state index in [0.717, 1.165) is 32.4 Å². The van der Waals surface area contributed by atoms with E-state index in [1.165, 1.54) is 6.92 Å². The first-order valence-electron chi connectivity index (χ1n) is 6.41. The van der Waals surface area contributed by atoms with Gasteiger partial charge < -0.3 is 9.83 Å². The van der Waals surface area contributed by atoms with Crippen molar-refractivity contribution in [2.75, 3.05) is 13.1 Å². The highest BCUT2D eigenvalue weighted by molar-refractivity contribution is 6.45. The fourth-order valence-corrected chi connectivity index (χ4v) is 3.54. The van der Waals surface area contributed by atoms with E-state index in [4.69, 9.17) is 0 Å². The molecule has 1 heterocycles. The topological polar surface area (TPSA) is 57.6 Å². The SMILES string of the molecule is CB(O)N1CCC2(CCC(=O)C2C(C)=O)CC1. The molecule has 2 fully saturated rings. The zero-order valence-corrected chi connectivity index (χ0v) is 10.6. The third-order valence-electron chi connectivity index (χ3n) is 4.53. The number of carbonyl (C=O) groups is 2. The first kappa shape index (κ1) is 12.8. The highest BCUT2D eigenvalue weighted by atomic mass is 16.2. The number of piperidine rings is 1. The summed E-state index contributed by atoms with van der Waals surface area (Å²) in [6, 6.07) is 0. The van der Waals surface area contributed by atoms with Crippen LogP contribution in [0.25, 0.3) is 0 Å². The summed E-state index contributed by atoms with van der Waals surface area (Å²) in [7, 11) is -0.430. The molecule has 5 heteroatoms. The van der Waals surface area contributed by atoms with Crippen LogP contribution in [0.15, 0.2) is 0 Å². The van der Waals surface area contributed by atoms with E-state index < -0.39 is 7.05 Å². The largest absolute Gasteiger partial charge is 0.437 e. The molecule has 1 aliphatic carbocycles. The van der Waals surface area contributed by atoms with Crippen LogP contribution in [-0.4, -0.2) is 41.5 Å². The monoisotopic (exact) mass is 237 g/mol. The second-order valence-electron chi connectivity index (χ2n) is 5.54. The van der Waals surface area contributed by atoms with Gasteiger partial charge in [-0.1, -0.05) is 0 Å². The van der Waals surface area contributed by atoms with Gasteiger partial charge in [-0.05, 0) is 51.5 Å².